The van der Waals surface area contributed by atoms with Gasteiger partial charge in [-0.25, -0.2) is 9.18 Å². The molecule has 0 aromatic heterocycles. The molecule has 2 aromatic rings. The normalized spacial score (nSPS) is 21.6. The molecule has 2 aliphatic rings. The van der Waals surface area contributed by atoms with E-state index in [2.05, 4.69) is 26.6 Å². The summed E-state index contributed by atoms with van der Waals surface area (Å²) in [6, 6.07) is 10.0. The van der Waals surface area contributed by atoms with Crippen LogP contribution in [0.5, 0.6) is 0 Å². The summed E-state index contributed by atoms with van der Waals surface area (Å²) < 4.78 is 14.2. The molecule has 132 valence electrons. The van der Waals surface area contributed by atoms with Crippen LogP contribution in [0.1, 0.15) is 21.5 Å². The molecule has 0 radical (unpaired) electrons. The molecule has 2 N–H and O–H groups in total. The first kappa shape index (κ1) is 16.7. The van der Waals surface area contributed by atoms with Crippen LogP contribution in [0, 0.1) is 5.82 Å². The predicted octanol–water partition coefficient (Wildman–Crippen LogP) is 2.28. The molecule has 4 rings (SSSR count). The Kier molecular flexibility index (Phi) is 3.80. The Balaban J connectivity index is 1.71. The number of hydrogen-bond donors (Lipinski definition) is 2. The maximum atomic E-state index is 13.3. The third-order valence-electron chi connectivity index (χ3n) is 4.65. The van der Waals surface area contributed by atoms with Gasteiger partial charge in [0.2, 0.25) is 0 Å². The van der Waals surface area contributed by atoms with Crippen LogP contribution in [0.15, 0.2) is 46.9 Å². The van der Waals surface area contributed by atoms with Crippen molar-refractivity contribution in [3.05, 3.63) is 69.4 Å². The number of carbonyl (C=O) groups excluding carboxylic acids is 3. The summed E-state index contributed by atoms with van der Waals surface area (Å²) in [6.07, 6.45) is 0. The van der Waals surface area contributed by atoms with Crippen molar-refractivity contribution in [2.24, 2.45) is 0 Å². The van der Waals surface area contributed by atoms with Gasteiger partial charge in [0.05, 0.1) is 6.54 Å². The standard InChI is InChI=1S/C18H13BrFN3O3/c19-12-3-6-14-10(7-12)8-23(15(14)24)9-18(16(25)21-17(26)22-18)11-1-4-13(20)5-2-11/h1-7H,8-9H2,(H2,21,22,25,26)/t18-/m1/s1. The van der Waals surface area contributed by atoms with E-state index in [4.69, 9.17) is 0 Å². The topological polar surface area (TPSA) is 78.5 Å². The minimum Gasteiger partial charge on any atom is -0.331 e. The number of carbonyl (C=O) groups is 3. The molecule has 6 nitrogen and oxygen atoms in total. The summed E-state index contributed by atoms with van der Waals surface area (Å²) in [4.78, 5) is 38.6. The van der Waals surface area contributed by atoms with Crippen molar-refractivity contribution in [1.82, 2.24) is 15.5 Å². The van der Waals surface area contributed by atoms with Crippen molar-refractivity contribution < 1.29 is 18.8 Å². The summed E-state index contributed by atoms with van der Waals surface area (Å²) in [5.74, 6) is -1.25. The van der Waals surface area contributed by atoms with Gasteiger partial charge in [0.15, 0.2) is 5.54 Å². The summed E-state index contributed by atoms with van der Waals surface area (Å²) in [7, 11) is 0. The highest BCUT2D eigenvalue weighted by Crippen LogP contribution is 2.32. The number of rotatable bonds is 3. The van der Waals surface area contributed by atoms with E-state index in [1.807, 2.05) is 6.07 Å². The lowest BCUT2D eigenvalue weighted by atomic mass is 9.89. The smallest absolute Gasteiger partial charge is 0.322 e. The molecule has 1 fully saturated rings. The molecular weight excluding hydrogens is 405 g/mol. The van der Waals surface area contributed by atoms with E-state index in [1.165, 1.54) is 29.2 Å². The number of nitrogens with zero attached hydrogens (tertiary/aromatic N) is 1. The first-order chi connectivity index (χ1) is 12.4. The number of fused-ring (bicyclic) bond motifs is 1. The lowest BCUT2D eigenvalue weighted by molar-refractivity contribution is -0.124. The minimum atomic E-state index is -1.46. The van der Waals surface area contributed by atoms with Crippen molar-refractivity contribution in [2.45, 2.75) is 12.1 Å². The van der Waals surface area contributed by atoms with Gasteiger partial charge in [0.1, 0.15) is 5.82 Å². The van der Waals surface area contributed by atoms with Crippen molar-refractivity contribution in [3.8, 4) is 0 Å². The van der Waals surface area contributed by atoms with Crippen LogP contribution in [0.2, 0.25) is 0 Å². The largest absolute Gasteiger partial charge is 0.331 e. The maximum Gasteiger partial charge on any atom is 0.322 e. The predicted molar refractivity (Wildman–Crippen MR) is 93.6 cm³/mol. The zero-order valence-corrected chi connectivity index (χ0v) is 15.0. The zero-order chi connectivity index (χ0) is 18.5. The number of nitrogens with one attached hydrogen (secondary N) is 2. The maximum absolute atomic E-state index is 13.3. The van der Waals surface area contributed by atoms with Gasteiger partial charge in [-0.3, -0.25) is 14.9 Å². The molecule has 2 aliphatic heterocycles. The molecule has 8 heteroatoms. The van der Waals surface area contributed by atoms with Crippen LogP contribution in [-0.2, 0) is 16.9 Å². The molecule has 0 spiro atoms. The Morgan fingerprint density at radius 3 is 2.50 bits per heavy atom. The van der Waals surface area contributed by atoms with E-state index in [9.17, 15) is 18.8 Å². The van der Waals surface area contributed by atoms with Crippen LogP contribution < -0.4 is 10.6 Å². The van der Waals surface area contributed by atoms with Crippen LogP contribution in [0.3, 0.4) is 0 Å². The van der Waals surface area contributed by atoms with Crippen molar-refractivity contribution in [3.63, 3.8) is 0 Å². The number of hydrogen-bond acceptors (Lipinski definition) is 3. The molecule has 1 saturated heterocycles. The van der Waals surface area contributed by atoms with Gasteiger partial charge in [-0.2, -0.15) is 0 Å². The fraction of sp³-hybridized carbons (Fsp3) is 0.167. The quantitative estimate of drug-likeness (QED) is 0.751. The average Bonchev–Trinajstić information content (AvgIpc) is 3.05. The molecule has 26 heavy (non-hydrogen) atoms. The number of amides is 4. The summed E-state index contributed by atoms with van der Waals surface area (Å²) in [5, 5.41) is 4.82. The molecule has 0 aliphatic carbocycles. The SMILES string of the molecule is O=C1NC(=O)[C@@](CN2Cc3cc(Br)ccc3C2=O)(c2ccc(F)cc2)N1. The summed E-state index contributed by atoms with van der Waals surface area (Å²) in [6.45, 7) is 0.265. The number of halogens is 2. The molecule has 1 atom stereocenters. The highest BCUT2D eigenvalue weighted by Gasteiger charge is 2.50. The summed E-state index contributed by atoms with van der Waals surface area (Å²) in [5.41, 5.74) is 0.349. The van der Waals surface area contributed by atoms with Gasteiger partial charge >= 0.3 is 6.03 Å². The molecular formula is C18H13BrFN3O3. The first-order valence-electron chi connectivity index (χ1n) is 7.86. The Hall–Kier alpha value is -2.74. The molecule has 0 bridgehead atoms. The minimum absolute atomic E-state index is 0.0542. The van der Waals surface area contributed by atoms with E-state index in [0.29, 0.717) is 17.7 Å². The third kappa shape index (κ3) is 2.57. The molecule has 2 aromatic carbocycles. The number of urea groups is 1. The van der Waals surface area contributed by atoms with Gasteiger partial charge in [0, 0.05) is 16.6 Å². The van der Waals surface area contributed by atoms with E-state index in [0.717, 1.165) is 10.0 Å². The fourth-order valence-corrected chi connectivity index (χ4v) is 3.80. The van der Waals surface area contributed by atoms with Gasteiger partial charge in [-0.05, 0) is 41.5 Å². The molecule has 0 unspecified atom stereocenters. The van der Waals surface area contributed by atoms with E-state index >= 15 is 0 Å². The molecule has 4 amide bonds. The van der Waals surface area contributed by atoms with E-state index in [1.54, 1.807) is 12.1 Å². The van der Waals surface area contributed by atoms with Gasteiger partial charge in [0.25, 0.3) is 11.8 Å². The Morgan fingerprint density at radius 2 is 1.85 bits per heavy atom. The van der Waals surface area contributed by atoms with Crippen LogP contribution >= 0.6 is 15.9 Å². The van der Waals surface area contributed by atoms with Gasteiger partial charge < -0.3 is 10.2 Å². The lowest BCUT2D eigenvalue weighted by Crippen LogP contribution is -2.52. The van der Waals surface area contributed by atoms with Crippen molar-refractivity contribution >= 4 is 33.8 Å². The van der Waals surface area contributed by atoms with Crippen LogP contribution in [0.4, 0.5) is 9.18 Å². The fourth-order valence-electron chi connectivity index (χ4n) is 3.40. The Bertz CT molecular complexity index is 947. The van der Waals surface area contributed by atoms with E-state index in [-0.39, 0.29) is 12.5 Å². The highest BCUT2D eigenvalue weighted by atomic mass is 79.9. The lowest BCUT2D eigenvalue weighted by Gasteiger charge is -2.31. The van der Waals surface area contributed by atoms with Gasteiger partial charge in [-0.1, -0.05) is 28.1 Å². The van der Waals surface area contributed by atoms with E-state index < -0.39 is 23.3 Å². The van der Waals surface area contributed by atoms with Crippen LogP contribution in [-0.4, -0.2) is 29.3 Å². The second-order valence-electron chi connectivity index (χ2n) is 6.28. The monoisotopic (exact) mass is 417 g/mol. The van der Waals surface area contributed by atoms with Crippen molar-refractivity contribution in [2.75, 3.05) is 6.54 Å². The number of benzene rings is 2. The second kappa shape index (κ2) is 5.91. The average molecular weight is 418 g/mol. The highest BCUT2D eigenvalue weighted by molar-refractivity contribution is 9.10. The second-order valence-corrected chi connectivity index (χ2v) is 7.20. The third-order valence-corrected chi connectivity index (χ3v) is 5.15. The van der Waals surface area contributed by atoms with Crippen molar-refractivity contribution in [1.29, 1.82) is 0 Å². The Labute approximate surface area is 156 Å². The first-order valence-corrected chi connectivity index (χ1v) is 8.66. The number of imide groups is 1. The molecule has 2 heterocycles. The molecule has 0 saturated carbocycles. The zero-order valence-electron chi connectivity index (χ0n) is 13.4. The Morgan fingerprint density at radius 1 is 1.12 bits per heavy atom. The summed E-state index contributed by atoms with van der Waals surface area (Å²) >= 11 is 3.38. The van der Waals surface area contributed by atoms with Gasteiger partial charge in [-0.15, -0.1) is 0 Å². The van der Waals surface area contributed by atoms with Crippen LogP contribution in [0.25, 0.3) is 0 Å².